The number of halogens is 2. The van der Waals surface area contributed by atoms with E-state index < -0.39 is 5.91 Å². The number of rotatable bonds is 9. The van der Waals surface area contributed by atoms with Gasteiger partial charge in [-0.2, -0.15) is 5.10 Å². The van der Waals surface area contributed by atoms with Crippen LogP contribution in [0.3, 0.4) is 0 Å². The molecule has 1 aromatic heterocycles. The van der Waals surface area contributed by atoms with Crippen molar-refractivity contribution in [2.45, 2.75) is 13.3 Å². The molecule has 0 aliphatic heterocycles. The Hall–Kier alpha value is -2.91. The summed E-state index contributed by atoms with van der Waals surface area (Å²) in [5.74, 6) is 0.455. The molecule has 0 unspecified atom stereocenters. The molecule has 1 heterocycles. The Morgan fingerprint density at radius 3 is 2.84 bits per heavy atom. The second kappa shape index (κ2) is 11.1. The minimum Gasteiger partial charge on any atom is -0.504 e. The molecule has 0 bridgehead atoms. The van der Waals surface area contributed by atoms with Crippen LogP contribution < -0.4 is 14.9 Å². The Bertz CT molecular complexity index is 1180. The standard InChI is InChI=1S/C23H21Br2N3O4/c1-3-6-15-9-14(10-19(22(15)30)31-4-2)12-27-28-20(29)13-32-23-18(25)11-17(24)16-7-5-8-26-21(16)23/h3,5,7-12,30H,1,4,6,13H2,2H3,(H,28,29). The summed E-state index contributed by atoms with van der Waals surface area (Å²) in [6.45, 7) is 5.69. The van der Waals surface area contributed by atoms with Crippen LogP contribution in [0.2, 0.25) is 0 Å². The molecule has 7 nitrogen and oxygen atoms in total. The summed E-state index contributed by atoms with van der Waals surface area (Å²) in [4.78, 5) is 16.6. The number of phenolic OH excluding ortho intramolecular Hbond substituents is 1. The van der Waals surface area contributed by atoms with E-state index in [1.807, 2.05) is 25.1 Å². The van der Waals surface area contributed by atoms with Crippen molar-refractivity contribution in [1.82, 2.24) is 10.4 Å². The van der Waals surface area contributed by atoms with Crippen molar-refractivity contribution in [3.05, 3.63) is 69.3 Å². The number of hydrazone groups is 1. The van der Waals surface area contributed by atoms with Gasteiger partial charge in [0.15, 0.2) is 23.9 Å². The van der Waals surface area contributed by atoms with Gasteiger partial charge in [0.1, 0.15) is 5.52 Å². The van der Waals surface area contributed by atoms with Crippen LogP contribution in [0.4, 0.5) is 0 Å². The molecule has 0 spiro atoms. The van der Waals surface area contributed by atoms with Gasteiger partial charge in [-0.15, -0.1) is 6.58 Å². The summed E-state index contributed by atoms with van der Waals surface area (Å²) in [6.07, 6.45) is 5.29. The number of aromatic nitrogens is 1. The first-order valence-electron chi connectivity index (χ1n) is 9.71. The fraction of sp³-hybridized carbons (Fsp3) is 0.174. The number of aromatic hydroxyl groups is 1. The number of fused-ring (bicyclic) bond motifs is 1. The maximum atomic E-state index is 12.2. The Kier molecular flexibility index (Phi) is 8.24. The van der Waals surface area contributed by atoms with Crippen molar-refractivity contribution >= 4 is 54.9 Å². The molecular weight excluding hydrogens is 542 g/mol. The van der Waals surface area contributed by atoms with Crippen LogP contribution in [-0.2, 0) is 11.2 Å². The van der Waals surface area contributed by atoms with Gasteiger partial charge in [0.25, 0.3) is 5.91 Å². The number of benzene rings is 2. The summed E-state index contributed by atoms with van der Waals surface area (Å²) in [6, 6.07) is 8.98. The van der Waals surface area contributed by atoms with Gasteiger partial charge >= 0.3 is 0 Å². The number of hydrogen-bond acceptors (Lipinski definition) is 6. The van der Waals surface area contributed by atoms with Crippen LogP contribution in [0.1, 0.15) is 18.1 Å². The number of allylic oxidation sites excluding steroid dienone is 1. The molecule has 2 aromatic carbocycles. The molecule has 0 radical (unpaired) electrons. The van der Waals surface area contributed by atoms with E-state index in [2.05, 4.69) is 54.0 Å². The van der Waals surface area contributed by atoms with Gasteiger partial charge < -0.3 is 14.6 Å². The molecule has 9 heteroatoms. The second-order valence-electron chi connectivity index (χ2n) is 6.60. The van der Waals surface area contributed by atoms with Crippen molar-refractivity contribution < 1.29 is 19.4 Å². The largest absolute Gasteiger partial charge is 0.504 e. The van der Waals surface area contributed by atoms with Gasteiger partial charge in [0.05, 0.1) is 17.3 Å². The molecule has 2 N–H and O–H groups in total. The summed E-state index contributed by atoms with van der Waals surface area (Å²) in [7, 11) is 0. The molecule has 0 aliphatic carbocycles. The van der Waals surface area contributed by atoms with Crippen LogP contribution in [0.5, 0.6) is 17.2 Å². The highest BCUT2D eigenvalue weighted by molar-refractivity contribution is 9.11. The van der Waals surface area contributed by atoms with E-state index in [9.17, 15) is 9.90 Å². The Morgan fingerprint density at radius 2 is 2.09 bits per heavy atom. The van der Waals surface area contributed by atoms with Gasteiger partial charge in [-0.25, -0.2) is 5.43 Å². The average molecular weight is 563 g/mol. The van der Waals surface area contributed by atoms with E-state index in [1.165, 1.54) is 6.21 Å². The number of nitrogens with one attached hydrogen (secondary N) is 1. The third-order valence-electron chi connectivity index (χ3n) is 4.34. The lowest BCUT2D eigenvalue weighted by Gasteiger charge is -2.11. The van der Waals surface area contributed by atoms with Crippen LogP contribution in [-0.4, -0.2) is 35.4 Å². The number of phenols is 1. The zero-order chi connectivity index (χ0) is 23.1. The summed E-state index contributed by atoms with van der Waals surface area (Å²) >= 11 is 6.95. The smallest absolute Gasteiger partial charge is 0.277 e. The fourth-order valence-corrected chi connectivity index (χ4v) is 4.36. The molecule has 1 amide bonds. The van der Waals surface area contributed by atoms with E-state index in [1.54, 1.807) is 24.4 Å². The van der Waals surface area contributed by atoms with E-state index >= 15 is 0 Å². The first-order chi connectivity index (χ1) is 15.4. The SMILES string of the molecule is C=CCc1cc(C=NNC(=O)COc2c(Br)cc(Br)c3cccnc23)cc(OCC)c1O. The molecular formula is C23H21Br2N3O4. The van der Waals surface area contributed by atoms with E-state index in [0.717, 1.165) is 9.86 Å². The lowest BCUT2D eigenvalue weighted by molar-refractivity contribution is -0.123. The number of ether oxygens (including phenoxy) is 2. The Morgan fingerprint density at radius 1 is 1.28 bits per heavy atom. The fourth-order valence-electron chi connectivity index (χ4n) is 2.97. The summed E-state index contributed by atoms with van der Waals surface area (Å²) in [5, 5.41) is 15.1. The van der Waals surface area contributed by atoms with Crippen LogP contribution in [0, 0.1) is 0 Å². The van der Waals surface area contributed by atoms with Gasteiger partial charge in [0, 0.05) is 21.6 Å². The van der Waals surface area contributed by atoms with E-state index in [-0.39, 0.29) is 12.4 Å². The van der Waals surface area contributed by atoms with Crippen molar-refractivity contribution in [2.24, 2.45) is 5.10 Å². The topological polar surface area (TPSA) is 93.0 Å². The Labute approximate surface area is 202 Å². The van der Waals surface area contributed by atoms with Crippen LogP contribution >= 0.6 is 31.9 Å². The molecule has 0 atom stereocenters. The predicted octanol–water partition coefficient (Wildman–Crippen LogP) is 5.12. The zero-order valence-electron chi connectivity index (χ0n) is 17.3. The first-order valence-corrected chi connectivity index (χ1v) is 11.3. The highest BCUT2D eigenvalue weighted by Crippen LogP contribution is 2.37. The zero-order valence-corrected chi connectivity index (χ0v) is 20.4. The number of pyridine rings is 1. The monoisotopic (exact) mass is 561 g/mol. The first kappa shape index (κ1) is 23.7. The third kappa shape index (κ3) is 5.66. The number of carbonyl (C=O) groups excluding carboxylic acids is 1. The van der Waals surface area contributed by atoms with Crippen molar-refractivity contribution in [2.75, 3.05) is 13.2 Å². The molecule has 3 aromatic rings. The van der Waals surface area contributed by atoms with E-state index in [0.29, 0.717) is 45.6 Å². The number of carbonyl (C=O) groups is 1. The van der Waals surface area contributed by atoms with Gasteiger partial charge in [-0.05, 0) is 59.1 Å². The van der Waals surface area contributed by atoms with Crippen molar-refractivity contribution in [3.8, 4) is 17.2 Å². The molecule has 3 rings (SSSR count). The normalized spacial score (nSPS) is 11.0. The molecule has 0 saturated carbocycles. The summed E-state index contributed by atoms with van der Waals surface area (Å²) < 4.78 is 12.7. The maximum Gasteiger partial charge on any atom is 0.277 e. The van der Waals surface area contributed by atoms with Crippen LogP contribution in [0.25, 0.3) is 10.9 Å². The predicted molar refractivity (Wildman–Crippen MR) is 132 cm³/mol. The molecule has 166 valence electrons. The quantitative estimate of drug-likeness (QED) is 0.214. The molecule has 0 fully saturated rings. The minimum absolute atomic E-state index is 0.0715. The highest BCUT2D eigenvalue weighted by atomic mass is 79.9. The lowest BCUT2D eigenvalue weighted by Crippen LogP contribution is -2.24. The van der Waals surface area contributed by atoms with Gasteiger partial charge in [-0.3, -0.25) is 9.78 Å². The molecule has 0 saturated heterocycles. The Balaban J connectivity index is 1.68. The van der Waals surface area contributed by atoms with E-state index in [4.69, 9.17) is 9.47 Å². The van der Waals surface area contributed by atoms with Crippen molar-refractivity contribution in [1.29, 1.82) is 0 Å². The highest BCUT2D eigenvalue weighted by Gasteiger charge is 2.14. The number of nitrogens with zero attached hydrogens (tertiary/aromatic N) is 2. The van der Waals surface area contributed by atoms with Crippen LogP contribution in [0.15, 0.2) is 63.2 Å². The van der Waals surface area contributed by atoms with Crippen molar-refractivity contribution in [3.63, 3.8) is 0 Å². The third-order valence-corrected chi connectivity index (χ3v) is 5.59. The lowest BCUT2D eigenvalue weighted by atomic mass is 10.1. The van der Waals surface area contributed by atoms with Gasteiger partial charge in [0.2, 0.25) is 0 Å². The van der Waals surface area contributed by atoms with Gasteiger partial charge in [-0.1, -0.05) is 28.1 Å². The number of amides is 1. The second-order valence-corrected chi connectivity index (χ2v) is 8.31. The number of hydrogen-bond donors (Lipinski definition) is 2. The average Bonchev–Trinajstić information content (AvgIpc) is 2.77. The minimum atomic E-state index is -0.435. The maximum absolute atomic E-state index is 12.2. The molecule has 0 aliphatic rings. The summed E-state index contributed by atoms with van der Waals surface area (Å²) in [5.41, 5.74) is 4.38. The molecule has 32 heavy (non-hydrogen) atoms.